The number of ether oxygens (including phenoxy) is 2. The highest BCUT2D eigenvalue weighted by atomic mass is 19.1. The Kier molecular flexibility index (Phi) is 6.07. The lowest BCUT2D eigenvalue weighted by atomic mass is 9.90. The van der Waals surface area contributed by atoms with Crippen LogP contribution in [0.2, 0.25) is 0 Å². The fourth-order valence-corrected chi connectivity index (χ4v) is 7.12. The molecule has 0 bridgehead atoms. The Bertz CT molecular complexity index is 1610. The molecule has 3 atom stereocenters. The Morgan fingerprint density at radius 3 is 2.67 bits per heavy atom. The van der Waals surface area contributed by atoms with E-state index >= 15 is 8.78 Å². The summed E-state index contributed by atoms with van der Waals surface area (Å²) in [6.07, 6.45) is 2.92. The highest BCUT2D eigenvalue weighted by Crippen LogP contribution is 2.39. The van der Waals surface area contributed by atoms with Crippen molar-refractivity contribution in [3.63, 3.8) is 0 Å². The number of nitrogens with zero attached hydrogens (tertiary/aromatic N) is 5. The molecule has 3 aromatic rings. The van der Waals surface area contributed by atoms with Gasteiger partial charge in [0, 0.05) is 39.0 Å². The highest BCUT2D eigenvalue weighted by Gasteiger charge is 2.48. The fourth-order valence-electron chi connectivity index (χ4n) is 7.12. The molecule has 5 aliphatic rings. The second-order valence-electron chi connectivity index (χ2n) is 12.2. The van der Waals surface area contributed by atoms with Gasteiger partial charge in [0.2, 0.25) is 0 Å². The number of carbonyl (C=O) groups is 2. The Morgan fingerprint density at radius 1 is 1.12 bits per heavy atom. The topological polar surface area (TPSA) is 158 Å². The van der Waals surface area contributed by atoms with Crippen molar-refractivity contribution in [3.05, 3.63) is 34.8 Å². The quantitative estimate of drug-likeness (QED) is 0.348. The van der Waals surface area contributed by atoms with Crippen molar-refractivity contribution in [1.82, 2.24) is 30.2 Å². The molecule has 1 aliphatic carbocycles. The number of imidazole rings is 1. The van der Waals surface area contributed by atoms with Gasteiger partial charge in [-0.2, -0.15) is 0 Å². The van der Waals surface area contributed by atoms with Gasteiger partial charge in [-0.05, 0) is 36.3 Å². The van der Waals surface area contributed by atoms with Crippen LogP contribution in [-0.4, -0.2) is 93.0 Å². The van der Waals surface area contributed by atoms with Crippen molar-refractivity contribution in [2.24, 2.45) is 5.92 Å². The van der Waals surface area contributed by atoms with Gasteiger partial charge in [-0.25, -0.2) is 28.5 Å². The van der Waals surface area contributed by atoms with Gasteiger partial charge in [0.25, 0.3) is 11.8 Å². The zero-order valence-corrected chi connectivity index (χ0v) is 23.2. The third-order valence-corrected chi connectivity index (χ3v) is 9.32. The molecule has 8 rings (SSSR count). The number of amides is 2. The van der Waals surface area contributed by atoms with Crippen LogP contribution in [0, 0.1) is 17.6 Å². The third kappa shape index (κ3) is 4.48. The van der Waals surface area contributed by atoms with Crippen LogP contribution in [0.3, 0.4) is 0 Å². The van der Waals surface area contributed by atoms with Gasteiger partial charge in [0.05, 0.1) is 24.9 Å². The van der Waals surface area contributed by atoms with Crippen molar-refractivity contribution in [1.29, 1.82) is 0 Å². The number of aromatic nitrogens is 4. The van der Waals surface area contributed by atoms with Crippen LogP contribution in [0.4, 0.5) is 25.2 Å². The predicted molar refractivity (Wildman–Crippen MR) is 147 cm³/mol. The number of aliphatic hydroxyl groups excluding tert-OH is 1. The Morgan fingerprint density at radius 2 is 1.91 bits per heavy atom. The Hall–Kier alpha value is -3.95. The summed E-state index contributed by atoms with van der Waals surface area (Å²) in [5.41, 5.74) is 0.233. The van der Waals surface area contributed by atoms with E-state index in [0.717, 1.165) is 0 Å². The number of halogens is 2. The minimum atomic E-state index is -0.672. The zero-order chi connectivity index (χ0) is 29.5. The van der Waals surface area contributed by atoms with Crippen molar-refractivity contribution >= 4 is 34.7 Å². The molecule has 13 nitrogen and oxygen atoms in total. The fraction of sp³-hybridized carbons (Fsp3) is 0.536. The summed E-state index contributed by atoms with van der Waals surface area (Å²) >= 11 is 0. The molecule has 3 unspecified atom stereocenters. The first-order valence-electron chi connectivity index (χ1n) is 14.6. The van der Waals surface area contributed by atoms with E-state index in [0.29, 0.717) is 81.8 Å². The van der Waals surface area contributed by atoms with Crippen LogP contribution in [0.1, 0.15) is 42.3 Å². The molecular formula is C28H30F2N8O5. The number of aliphatic hydroxyl groups is 1. The van der Waals surface area contributed by atoms with Gasteiger partial charge < -0.3 is 35.1 Å². The second kappa shape index (κ2) is 9.79. The number of rotatable bonds is 4. The van der Waals surface area contributed by atoms with Gasteiger partial charge in [0.15, 0.2) is 29.9 Å². The smallest absolute Gasteiger partial charge is 0.416 e. The molecule has 1 aromatic carbocycles. The van der Waals surface area contributed by atoms with Crippen molar-refractivity contribution in [3.8, 4) is 5.88 Å². The molecule has 3 fully saturated rings. The maximum absolute atomic E-state index is 15.6. The van der Waals surface area contributed by atoms with E-state index in [9.17, 15) is 14.7 Å². The number of likely N-dealkylation sites (tertiary alicyclic amines) is 1. The summed E-state index contributed by atoms with van der Waals surface area (Å²) in [5, 5.41) is 15.5. The number of carbonyl (C=O) groups excluding carboxylic acids is 2. The monoisotopic (exact) mass is 596 g/mol. The molecule has 0 saturated carbocycles. The van der Waals surface area contributed by atoms with E-state index in [4.69, 9.17) is 9.47 Å². The largest absolute Gasteiger partial charge is 0.465 e. The molecular weight excluding hydrogens is 566 g/mol. The van der Waals surface area contributed by atoms with E-state index in [1.54, 1.807) is 0 Å². The van der Waals surface area contributed by atoms with E-state index in [1.807, 2.05) is 0 Å². The SMILES string of the molecule is O=C1COc2ncc(N3CC4(CCN(CC5Cc6c(c(F)c7[nH]c(C8CC(O)CN8)nc7c6F)C5)CC4)OC3=O)nc2N1. The Labute approximate surface area is 244 Å². The molecule has 226 valence electrons. The highest BCUT2D eigenvalue weighted by molar-refractivity contribution is 5.95. The van der Waals surface area contributed by atoms with Gasteiger partial charge in [-0.3, -0.25) is 9.69 Å². The molecule has 2 aromatic heterocycles. The minimum absolute atomic E-state index is 0.0149. The average molecular weight is 597 g/mol. The summed E-state index contributed by atoms with van der Waals surface area (Å²) in [6, 6.07) is -0.263. The number of aromatic amines is 1. The number of nitrogens with one attached hydrogen (secondary N) is 3. The lowest BCUT2D eigenvalue weighted by Gasteiger charge is -2.38. The Balaban J connectivity index is 0.915. The second-order valence-corrected chi connectivity index (χ2v) is 12.2. The molecule has 3 saturated heterocycles. The number of benzene rings is 1. The predicted octanol–water partition coefficient (Wildman–Crippen LogP) is 1.56. The van der Waals surface area contributed by atoms with E-state index < -0.39 is 29.4 Å². The number of hydrogen-bond acceptors (Lipinski definition) is 10. The number of hydrogen-bond donors (Lipinski definition) is 4. The standard InChI is InChI=1S/C28H30F2N8O5/c29-20-15-5-13(6-16(15)21(30)23-22(20)35-24(36-23)17-7-14(39)8-31-17)10-37-3-1-28(2-4-37)12-38(27(41)43-28)18-9-32-26-25(33-18)34-19(40)11-42-26/h9,13-14,17,31,39H,1-8,10-12H2,(H,35,36)(H,33,34,40). The number of β-amino-alcohol motifs (C(OH)–C–C–N with tert-alkyl or cyclic N) is 1. The van der Waals surface area contributed by atoms with Crippen LogP contribution in [0.5, 0.6) is 5.88 Å². The number of piperidine rings is 1. The van der Waals surface area contributed by atoms with Gasteiger partial charge in [0.1, 0.15) is 22.5 Å². The van der Waals surface area contributed by atoms with Crippen LogP contribution in [-0.2, 0) is 22.4 Å². The first-order valence-corrected chi connectivity index (χ1v) is 14.6. The molecule has 4 N–H and O–H groups in total. The molecule has 2 amide bonds. The summed E-state index contributed by atoms with van der Waals surface area (Å²) in [4.78, 5) is 44.0. The lowest BCUT2D eigenvalue weighted by Crippen LogP contribution is -2.48. The number of fused-ring (bicyclic) bond motifs is 3. The molecule has 0 radical (unpaired) electrons. The summed E-state index contributed by atoms with van der Waals surface area (Å²) in [6.45, 7) is 2.61. The first-order chi connectivity index (χ1) is 20.7. The van der Waals surface area contributed by atoms with Crippen molar-refractivity contribution in [2.75, 3.05) is 49.5 Å². The third-order valence-electron chi connectivity index (χ3n) is 9.32. The van der Waals surface area contributed by atoms with Crippen molar-refractivity contribution < 1.29 is 33.0 Å². The number of H-pyrrole nitrogens is 1. The van der Waals surface area contributed by atoms with Gasteiger partial charge in [-0.15, -0.1) is 0 Å². The van der Waals surface area contributed by atoms with Crippen LogP contribution < -0.4 is 20.3 Å². The molecule has 43 heavy (non-hydrogen) atoms. The molecule has 4 aliphatic heterocycles. The van der Waals surface area contributed by atoms with E-state index in [-0.39, 0.29) is 53.0 Å². The minimum Gasteiger partial charge on any atom is -0.465 e. The summed E-state index contributed by atoms with van der Waals surface area (Å²) in [7, 11) is 0. The maximum Gasteiger partial charge on any atom is 0.416 e. The normalized spacial score (nSPS) is 25.2. The molecule has 1 spiro atoms. The van der Waals surface area contributed by atoms with Crippen LogP contribution >= 0.6 is 0 Å². The van der Waals surface area contributed by atoms with Crippen LogP contribution in [0.25, 0.3) is 11.0 Å². The van der Waals surface area contributed by atoms with Gasteiger partial charge >= 0.3 is 6.09 Å². The zero-order valence-electron chi connectivity index (χ0n) is 23.2. The van der Waals surface area contributed by atoms with E-state index in [2.05, 4.69) is 35.5 Å². The van der Waals surface area contributed by atoms with Gasteiger partial charge in [-0.1, -0.05) is 0 Å². The van der Waals surface area contributed by atoms with E-state index in [1.165, 1.54) is 11.1 Å². The number of anilines is 2. The van der Waals surface area contributed by atoms with Crippen LogP contribution in [0.15, 0.2) is 6.20 Å². The molecule has 6 heterocycles. The summed E-state index contributed by atoms with van der Waals surface area (Å²) in [5.74, 6) is -0.120. The average Bonchev–Trinajstić information content (AvgIpc) is 3.78. The maximum atomic E-state index is 15.6. The summed E-state index contributed by atoms with van der Waals surface area (Å²) < 4.78 is 42.3. The first kappa shape index (κ1) is 26.7. The van der Waals surface area contributed by atoms with Crippen molar-refractivity contribution in [2.45, 2.75) is 49.9 Å². The lowest BCUT2D eigenvalue weighted by molar-refractivity contribution is -0.118. The molecule has 15 heteroatoms.